The molecule has 0 atom stereocenters. The van der Waals surface area contributed by atoms with E-state index in [0.717, 1.165) is 97.0 Å². The van der Waals surface area contributed by atoms with Gasteiger partial charge >= 0.3 is 0 Å². The van der Waals surface area contributed by atoms with Crippen LogP contribution in [0.3, 0.4) is 0 Å². The molecule has 11 heterocycles. The number of para-hydroxylation sites is 2. The number of nitrogens with zero attached hydrogens (tertiary/aromatic N) is 11. The van der Waals surface area contributed by atoms with Gasteiger partial charge in [0.25, 0.3) is 17.4 Å². The predicted molar refractivity (Wildman–Crippen MR) is 287 cm³/mol. The lowest BCUT2D eigenvalue weighted by molar-refractivity contribution is -0.572. The van der Waals surface area contributed by atoms with Gasteiger partial charge in [0.2, 0.25) is 0 Å². The van der Waals surface area contributed by atoms with Crippen molar-refractivity contribution in [3.8, 4) is 73.4 Å². The number of fused-ring (bicyclic) bond motifs is 4. The van der Waals surface area contributed by atoms with Crippen LogP contribution in [0.4, 0.5) is 5.69 Å². The number of aromatic amines is 4. The Bertz CT molecular complexity index is 4310. The van der Waals surface area contributed by atoms with Crippen LogP contribution in [0, 0.1) is 0 Å². The second-order valence-electron chi connectivity index (χ2n) is 18.7. The van der Waals surface area contributed by atoms with Gasteiger partial charge in [-0.2, -0.15) is 10.2 Å². The Morgan fingerprint density at radius 1 is 0.587 bits per heavy atom. The largest absolute Gasteiger partial charge is 0.337 e. The molecule has 1 aliphatic rings. The fourth-order valence-electron chi connectivity index (χ4n) is 10.2. The third kappa shape index (κ3) is 8.09. The molecule has 0 saturated carbocycles. The first-order chi connectivity index (χ1) is 37.0. The smallest absolute Gasteiger partial charge is 0.267 e. The zero-order valence-electron chi connectivity index (χ0n) is 40.0. The lowest BCUT2D eigenvalue weighted by atomic mass is 10.0. The number of likely N-dealkylation sites (tertiary alicyclic amines) is 1. The Balaban J connectivity index is 0.854. The summed E-state index contributed by atoms with van der Waals surface area (Å²) >= 11 is 0. The summed E-state index contributed by atoms with van der Waals surface area (Å²) in [6.45, 7) is 3.12. The molecule has 5 N–H and O–H groups in total. The highest BCUT2D eigenvalue weighted by molar-refractivity contribution is 6.04. The monoisotopic (exact) mass is 979 g/mol. The number of benzene rings is 3. The summed E-state index contributed by atoms with van der Waals surface area (Å²) in [5, 5.41) is 20.7. The average Bonchev–Trinajstić information content (AvgIpc) is 4.36. The molecule has 13 aromatic rings. The van der Waals surface area contributed by atoms with Crippen LogP contribution in [0.15, 0.2) is 171 Å². The molecule has 360 valence electrons. The minimum atomic E-state index is -0.237. The van der Waals surface area contributed by atoms with E-state index in [2.05, 4.69) is 75.7 Å². The van der Waals surface area contributed by atoms with Crippen LogP contribution in [0.25, 0.3) is 117 Å². The number of carbonyl (C=O) groups is 1. The number of nitrogens with one attached hydrogen (secondary N) is 5. The van der Waals surface area contributed by atoms with Crippen molar-refractivity contribution in [3.05, 3.63) is 182 Å². The summed E-state index contributed by atoms with van der Waals surface area (Å²) in [4.78, 5) is 56.3. The second-order valence-corrected chi connectivity index (χ2v) is 18.7. The molecule has 10 aromatic heterocycles. The van der Waals surface area contributed by atoms with Crippen LogP contribution in [-0.2, 0) is 6.54 Å². The summed E-state index contributed by atoms with van der Waals surface area (Å²) in [6, 6.07) is 37.5. The highest BCUT2D eigenvalue weighted by atomic mass is 16.1. The van der Waals surface area contributed by atoms with Gasteiger partial charge in [0.1, 0.15) is 11.9 Å². The number of rotatable bonds is 11. The van der Waals surface area contributed by atoms with Crippen LogP contribution < -0.4 is 9.88 Å². The SMILES string of the molecule is O=C(Nc1cncc(-c2cc3c(-c4nc5c(-c6ccncc6)cccc5[nH]4)n[nH]c3[n+](-c3cc(-c4cccc5[nH]c(-c6n[nH]c7ncc(-c8cncc(CN9CCCC9)c8)cc67)nc45)ccn3)c2)c1)c1ccccc1. The number of hydrogen-bond donors (Lipinski definition) is 5. The van der Waals surface area contributed by atoms with E-state index in [1.165, 1.54) is 18.4 Å². The van der Waals surface area contributed by atoms with Crippen molar-refractivity contribution in [1.29, 1.82) is 0 Å². The van der Waals surface area contributed by atoms with Gasteiger partial charge in [-0.3, -0.25) is 29.7 Å². The van der Waals surface area contributed by atoms with Gasteiger partial charge in [0.15, 0.2) is 23.0 Å². The van der Waals surface area contributed by atoms with Crippen LogP contribution in [0.2, 0.25) is 0 Å². The Labute approximate surface area is 426 Å². The molecule has 0 radical (unpaired) electrons. The maximum atomic E-state index is 13.3. The molecule has 1 saturated heterocycles. The third-order valence-electron chi connectivity index (χ3n) is 13.9. The molecule has 17 nitrogen and oxygen atoms in total. The molecule has 0 bridgehead atoms. The maximum Gasteiger partial charge on any atom is 0.267 e. The van der Waals surface area contributed by atoms with Gasteiger partial charge in [-0.25, -0.2) is 19.5 Å². The molecule has 1 aliphatic heterocycles. The average molecular weight is 980 g/mol. The topological polar surface area (TPSA) is 215 Å². The van der Waals surface area contributed by atoms with Gasteiger partial charge in [-0.05, 0) is 109 Å². The predicted octanol–water partition coefficient (Wildman–Crippen LogP) is 10.3. The number of carbonyl (C=O) groups excluding carboxylic acids is 1. The first-order valence-electron chi connectivity index (χ1n) is 24.6. The van der Waals surface area contributed by atoms with Crippen molar-refractivity contribution in [3.63, 3.8) is 0 Å². The Kier molecular flexibility index (Phi) is 10.6. The number of hydrogen-bond acceptors (Lipinski definition) is 11. The fourth-order valence-corrected chi connectivity index (χ4v) is 10.2. The van der Waals surface area contributed by atoms with Crippen molar-refractivity contribution >= 4 is 55.7 Å². The summed E-state index contributed by atoms with van der Waals surface area (Å²) < 4.78 is 1.99. The summed E-state index contributed by atoms with van der Waals surface area (Å²) in [6.07, 6.45) is 18.9. The van der Waals surface area contributed by atoms with E-state index in [1.54, 1.807) is 43.1 Å². The van der Waals surface area contributed by atoms with E-state index in [9.17, 15) is 4.79 Å². The zero-order valence-corrected chi connectivity index (χ0v) is 40.0. The fraction of sp³-hybridized carbons (Fsp3) is 0.0862. The lowest BCUT2D eigenvalue weighted by Crippen LogP contribution is -2.33. The first-order valence-corrected chi connectivity index (χ1v) is 24.6. The normalized spacial score (nSPS) is 12.9. The van der Waals surface area contributed by atoms with Gasteiger partial charge in [0, 0.05) is 88.7 Å². The third-order valence-corrected chi connectivity index (χ3v) is 13.9. The highest BCUT2D eigenvalue weighted by Crippen LogP contribution is 2.36. The molecule has 3 aromatic carbocycles. The second kappa shape index (κ2) is 18.2. The van der Waals surface area contributed by atoms with Crippen LogP contribution in [0.1, 0.15) is 28.8 Å². The van der Waals surface area contributed by atoms with Gasteiger partial charge in [-0.1, -0.05) is 42.5 Å². The molecule has 75 heavy (non-hydrogen) atoms. The molecular weight excluding hydrogens is 937 g/mol. The molecule has 1 amide bonds. The first kappa shape index (κ1) is 43.6. The van der Waals surface area contributed by atoms with Gasteiger partial charge in [0.05, 0.1) is 50.9 Å². The highest BCUT2D eigenvalue weighted by Gasteiger charge is 2.25. The zero-order chi connectivity index (χ0) is 49.8. The maximum absolute atomic E-state index is 13.3. The van der Waals surface area contributed by atoms with Crippen molar-refractivity contribution in [1.82, 2.24) is 70.2 Å². The molecule has 17 heteroatoms. The molecule has 0 aliphatic carbocycles. The number of H-pyrrole nitrogens is 4. The van der Waals surface area contributed by atoms with E-state index in [4.69, 9.17) is 30.1 Å². The van der Waals surface area contributed by atoms with Gasteiger partial charge in [-0.15, -0.1) is 10.1 Å². The molecule has 0 spiro atoms. The molecule has 1 fully saturated rings. The number of imidazole rings is 2. The van der Waals surface area contributed by atoms with Gasteiger partial charge < -0.3 is 15.3 Å². The lowest BCUT2D eigenvalue weighted by Gasteiger charge is -2.14. The number of aromatic nitrogens is 14. The van der Waals surface area contributed by atoms with Crippen LogP contribution in [0.5, 0.6) is 0 Å². The molecular formula is C58H43N16O+. The molecule has 0 unspecified atom stereocenters. The van der Waals surface area contributed by atoms with E-state index in [0.29, 0.717) is 51.4 Å². The Morgan fingerprint density at radius 2 is 1.27 bits per heavy atom. The number of amides is 1. The minimum Gasteiger partial charge on any atom is -0.337 e. The summed E-state index contributed by atoms with van der Waals surface area (Å²) in [5.41, 5.74) is 15.5. The van der Waals surface area contributed by atoms with E-state index in [1.807, 2.05) is 102 Å². The summed E-state index contributed by atoms with van der Waals surface area (Å²) in [7, 11) is 0. The van der Waals surface area contributed by atoms with Crippen molar-refractivity contribution in [2.24, 2.45) is 0 Å². The van der Waals surface area contributed by atoms with E-state index in [-0.39, 0.29) is 5.91 Å². The summed E-state index contributed by atoms with van der Waals surface area (Å²) in [5.74, 6) is 1.58. The Hall–Kier alpha value is -10.1. The van der Waals surface area contributed by atoms with Crippen LogP contribution in [-0.4, -0.2) is 89.1 Å². The number of anilines is 1. The minimum absolute atomic E-state index is 0.237. The quantitative estimate of drug-likeness (QED) is 0.0769. The van der Waals surface area contributed by atoms with Crippen molar-refractivity contribution in [2.75, 3.05) is 18.4 Å². The van der Waals surface area contributed by atoms with E-state index < -0.39 is 0 Å². The number of pyridine rings is 6. The van der Waals surface area contributed by atoms with Crippen LogP contribution >= 0.6 is 0 Å². The van der Waals surface area contributed by atoms with Crippen molar-refractivity contribution in [2.45, 2.75) is 19.4 Å². The standard InChI is InChI=1S/C58H42N16O/c75-58(36-8-2-1-3-9-36)64-42-23-39(29-61-31-42)41-25-46-53(56-66-47-12-6-10-43(50(47)67-56)35-14-17-59-18-15-35)70-72-57(46)74(33-41)49-26-37(16-19-62-49)44-11-7-13-48-51(44)68-55(65-48)52-45-24-40(30-63-54(45)71-69-52)38-22-34(27-60-28-38)32-73-20-4-5-21-73/h1-3,6-19,22-31,33H,4-5,20-21,32H2,(H4,59,62,63,64,65,66,67,68,69,70,71,75)/p+1. The van der Waals surface area contributed by atoms with Crippen molar-refractivity contribution < 1.29 is 9.36 Å². The molecule has 14 rings (SSSR count). The Morgan fingerprint density at radius 3 is 2.05 bits per heavy atom. The van der Waals surface area contributed by atoms with E-state index >= 15 is 0 Å².